The zero-order chi connectivity index (χ0) is 23.1. The monoisotopic (exact) mass is 448 g/mol. The van der Waals surface area contributed by atoms with Crippen LogP contribution in [-0.2, 0) is 35.7 Å². The quantitative estimate of drug-likeness (QED) is 0.499. The van der Waals surface area contributed by atoms with Gasteiger partial charge in [0.05, 0.1) is 17.7 Å². The highest BCUT2D eigenvalue weighted by Crippen LogP contribution is 2.30. The van der Waals surface area contributed by atoms with Crippen LogP contribution in [0.1, 0.15) is 55.8 Å². The minimum atomic E-state index is -0.971. The molecule has 3 aliphatic rings. The van der Waals surface area contributed by atoms with Crippen molar-refractivity contribution in [2.24, 2.45) is 0 Å². The third-order valence-electron chi connectivity index (χ3n) is 6.54. The fourth-order valence-electron chi connectivity index (χ4n) is 4.81. The molecular formula is C24H24N4O5. The summed E-state index contributed by atoms with van der Waals surface area (Å²) in [5.41, 5.74) is 5.55. The summed E-state index contributed by atoms with van der Waals surface area (Å²) in [5, 5.41) is 18.6. The lowest BCUT2D eigenvalue weighted by Crippen LogP contribution is -2.54. The van der Waals surface area contributed by atoms with Crippen molar-refractivity contribution < 1.29 is 24.3 Å². The van der Waals surface area contributed by atoms with Crippen molar-refractivity contribution in [1.29, 1.82) is 0 Å². The number of carbonyl (C=O) groups excluding carboxylic acids is 4. The summed E-state index contributed by atoms with van der Waals surface area (Å²) >= 11 is 0. The number of hydrogen-bond acceptors (Lipinski definition) is 7. The molecule has 3 heterocycles. The summed E-state index contributed by atoms with van der Waals surface area (Å²) in [5.74, 6) is -2.04. The van der Waals surface area contributed by atoms with Crippen LogP contribution in [-0.4, -0.2) is 46.2 Å². The van der Waals surface area contributed by atoms with Crippen LogP contribution in [0.4, 0.5) is 5.69 Å². The number of benzene rings is 2. The number of carbonyl (C=O) groups is 4. The maximum atomic E-state index is 13.0. The van der Waals surface area contributed by atoms with Gasteiger partial charge in [0.2, 0.25) is 11.8 Å². The molecule has 0 spiro atoms. The van der Waals surface area contributed by atoms with Crippen molar-refractivity contribution >= 4 is 29.3 Å². The van der Waals surface area contributed by atoms with Crippen molar-refractivity contribution in [2.75, 3.05) is 11.9 Å². The molecule has 0 aromatic heterocycles. The zero-order valence-electron chi connectivity index (χ0n) is 17.9. The van der Waals surface area contributed by atoms with Gasteiger partial charge in [0.1, 0.15) is 6.04 Å². The van der Waals surface area contributed by atoms with Crippen LogP contribution in [0.15, 0.2) is 30.3 Å². The number of piperidine rings is 1. The second kappa shape index (κ2) is 8.42. The molecule has 4 N–H and O–H groups in total. The molecule has 2 aromatic carbocycles. The van der Waals surface area contributed by atoms with Crippen LogP contribution in [0.2, 0.25) is 0 Å². The van der Waals surface area contributed by atoms with E-state index >= 15 is 0 Å². The number of hydrogen-bond donors (Lipinski definition) is 4. The minimum absolute atomic E-state index is 0.00503. The van der Waals surface area contributed by atoms with Crippen LogP contribution in [0.3, 0.4) is 0 Å². The van der Waals surface area contributed by atoms with E-state index in [2.05, 4.69) is 16.0 Å². The van der Waals surface area contributed by atoms with Crippen molar-refractivity contribution in [1.82, 2.24) is 15.5 Å². The van der Waals surface area contributed by atoms with Gasteiger partial charge < -0.3 is 15.7 Å². The standard InChI is InChI=1S/C24H24N4O5/c29-12-14-2-4-19(15-7-8-25-11-18(14)15)26-10-13-1-3-16-17(9-13)24(33)28(23(16)32)20-5-6-21(30)27-22(20)31/h1-4,9,20,25-26,29H,5-8,10-12H2,(H,27,30,31). The number of fused-ring (bicyclic) bond motifs is 2. The minimum Gasteiger partial charge on any atom is -0.392 e. The molecule has 0 radical (unpaired) electrons. The van der Waals surface area contributed by atoms with Crippen molar-refractivity contribution in [3.05, 3.63) is 63.7 Å². The molecule has 9 nitrogen and oxygen atoms in total. The Bertz CT molecular complexity index is 1190. The molecule has 5 rings (SSSR count). The van der Waals surface area contributed by atoms with E-state index in [-0.39, 0.29) is 30.6 Å². The summed E-state index contributed by atoms with van der Waals surface area (Å²) in [7, 11) is 0. The first-order chi connectivity index (χ1) is 16.0. The highest BCUT2D eigenvalue weighted by atomic mass is 16.3. The third kappa shape index (κ3) is 3.69. The summed E-state index contributed by atoms with van der Waals surface area (Å²) < 4.78 is 0. The summed E-state index contributed by atoms with van der Waals surface area (Å²) in [6, 6.07) is 8.00. The molecule has 3 aliphatic heterocycles. The van der Waals surface area contributed by atoms with Gasteiger partial charge in [-0.15, -0.1) is 0 Å². The normalized spacial score (nSPS) is 19.9. The maximum absolute atomic E-state index is 13.0. The molecule has 2 aromatic rings. The van der Waals surface area contributed by atoms with E-state index in [9.17, 15) is 24.3 Å². The van der Waals surface area contributed by atoms with Crippen LogP contribution >= 0.6 is 0 Å². The molecule has 0 aliphatic carbocycles. The predicted molar refractivity (Wildman–Crippen MR) is 118 cm³/mol. The Hall–Kier alpha value is -3.56. The van der Waals surface area contributed by atoms with Crippen LogP contribution < -0.4 is 16.0 Å². The lowest BCUT2D eigenvalue weighted by atomic mass is 9.94. The summed E-state index contributed by atoms with van der Waals surface area (Å²) in [6.07, 6.45) is 1.08. The number of imide groups is 2. The number of aliphatic hydroxyl groups excluding tert-OH is 1. The van der Waals surface area contributed by atoms with Gasteiger partial charge in [0.25, 0.3) is 11.8 Å². The molecule has 1 unspecified atom stereocenters. The lowest BCUT2D eigenvalue weighted by molar-refractivity contribution is -0.136. The van der Waals surface area contributed by atoms with Gasteiger partial charge >= 0.3 is 0 Å². The van der Waals surface area contributed by atoms with Gasteiger partial charge in [-0.25, -0.2) is 0 Å². The van der Waals surface area contributed by atoms with Crippen molar-refractivity contribution in [2.45, 2.75) is 45.0 Å². The van der Waals surface area contributed by atoms with E-state index < -0.39 is 29.7 Å². The third-order valence-corrected chi connectivity index (χ3v) is 6.54. The van der Waals surface area contributed by atoms with E-state index in [0.717, 1.165) is 40.2 Å². The summed E-state index contributed by atoms with van der Waals surface area (Å²) in [4.78, 5) is 50.5. The van der Waals surface area contributed by atoms with Gasteiger partial charge in [0, 0.05) is 25.2 Å². The van der Waals surface area contributed by atoms with E-state index in [0.29, 0.717) is 13.1 Å². The molecule has 170 valence electrons. The average molecular weight is 448 g/mol. The second-order valence-electron chi connectivity index (χ2n) is 8.49. The summed E-state index contributed by atoms with van der Waals surface area (Å²) in [6.45, 7) is 2.02. The predicted octanol–water partition coefficient (Wildman–Crippen LogP) is 0.838. The van der Waals surface area contributed by atoms with Gasteiger partial charge in [0.15, 0.2) is 0 Å². The molecule has 1 fully saturated rings. The molecule has 33 heavy (non-hydrogen) atoms. The molecule has 4 amide bonds. The highest BCUT2D eigenvalue weighted by molar-refractivity contribution is 6.23. The fourth-order valence-corrected chi connectivity index (χ4v) is 4.81. The Morgan fingerprint density at radius 2 is 1.82 bits per heavy atom. The largest absolute Gasteiger partial charge is 0.392 e. The fraction of sp³-hybridized carbons (Fsp3) is 0.333. The topological polar surface area (TPSA) is 128 Å². The zero-order valence-corrected chi connectivity index (χ0v) is 17.9. The Morgan fingerprint density at radius 1 is 1.00 bits per heavy atom. The number of anilines is 1. The first-order valence-electron chi connectivity index (χ1n) is 11.0. The Balaban J connectivity index is 1.35. The number of amides is 4. The SMILES string of the molecule is O=C1CCC(N2C(=O)c3ccc(CNc4ccc(CO)c5c4CCNC5)cc3C2=O)C(=O)N1. The molecular weight excluding hydrogens is 424 g/mol. The van der Waals surface area contributed by atoms with Crippen molar-refractivity contribution in [3.63, 3.8) is 0 Å². The van der Waals surface area contributed by atoms with E-state index in [1.54, 1.807) is 18.2 Å². The Kier molecular flexibility index (Phi) is 5.43. The van der Waals surface area contributed by atoms with Gasteiger partial charge in [-0.2, -0.15) is 0 Å². The maximum Gasteiger partial charge on any atom is 0.262 e. The number of aliphatic hydroxyl groups is 1. The molecule has 9 heteroatoms. The molecule has 1 atom stereocenters. The van der Waals surface area contributed by atoms with Crippen molar-refractivity contribution in [3.8, 4) is 0 Å². The lowest BCUT2D eigenvalue weighted by Gasteiger charge is -2.27. The van der Waals surface area contributed by atoms with E-state index in [1.807, 2.05) is 12.1 Å². The van der Waals surface area contributed by atoms with Crippen LogP contribution in [0, 0.1) is 0 Å². The molecule has 0 bridgehead atoms. The van der Waals surface area contributed by atoms with Gasteiger partial charge in [-0.3, -0.25) is 29.4 Å². The van der Waals surface area contributed by atoms with Gasteiger partial charge in [-0.1, -0.05) is 12.1 Å². The highest BCUT2D eigenvalue weighted by Gasteiger charge is 2.44. The number of rotatable bonds is 5. The van der Waals surface area contributed by atoms with E-state index in [4.69, 9.17) is 0 Å². The Morgan fingerprint density at radius 3 is 2.61 bits per heavy atom. The average Bonchev–Trinajstić information content (AvgIpc) is 3.07. The Labute approximate surface area is 190 Å². The second-order valence-corrected chi connectivity index (χ2v) is 8.49. The van der Waals surface area contributed by atoms with Gasteiger partial charge in [-0.05, 0) is 59.8 Å². The van der Waals surface area contributed by atoms with E-state index in [1.165, 1.54) is 5.56 Å². The van der Waals surface area contributed by atoms with Crippen LogP contribution in [0.25, 0.3) is 0 Å². The molecule has 1 saturated heterocycles. The van der Waals surface area contributed by atoms with Crippen LogP contribution in [0.5, 0.6) is 0 Å². The first-order valence-corrected chi connectivity index (χ1v) is 11.0. The number of nitrogens with zero attached hydrogens (tertiary/aromatic N) is 1. The number of nitrogens with one attached hydrogen (secondary N) is 3. The smallest absolute Gasteiger partial charge is 0.262 e. The molecule has 0 saturated carbocycles. The first kappa shape index (κ1) is 21.3.